The summed E-state index contributed by atoms with van der Waals surface area (Å²) in [4.78, 5) is 13.9. The largest absolute Gasteiger partial charge is 0.361 e. The Hall–Kier alpha value is -2.91. The van der Waals surface area contributed by atoms with Gasteiger partial charge < -0.3 is 4.74 Å². The number of rotatable bonds is 7. The Bertz CT molecular complexity index is 1240. The molecule has 2 aromatic rings. The second kappa shape index (κ2) is 7.35. The number of hydrogen-bond acceptors (Lipinski definition) is 5. The van der Waals surface area contributed by atoms with Crippen LogP contribution in [0.3, 0.4) is 0 Å². The molecule has 1 aliphatic carbocycles. The molecular formula is C23H27N6OSi+. The van der Waals surface area contributed by atoms with Gasteiger partial charge in [0.2, 0.25) is 5.70 Å². The molecule has 2 aliphatic heterocycles. The van der Waals surface area contributed by atoms with Crippen LogP contribution in [0, 0.1) is 0 Å². The number of fused-ring (bicyclic) bond motifs is 2. The van der Waals surface area contributed by atoms with Gasteiger partial charge in [0.05, 0.1) is 12.4 Å². The van der Waals surface area contributed by atoms with Crippen molar-refractivity contribution in [3.05, 3.63) is 77.7 Å². The van der Waals surface area contributed by atoms with E-state index in [1.165, 1.54) is 0 Å². The van der Waals surface area contributed by atoms with E-state index < -0.39 is 8.07 Å². The van der Waals surface area contributed by atoms with E-state index in [0.29, 0.717) is 6.73 Å². The van der Waals surface area contributed by atoms with E-state index in [1.54, 1.807) is 18.6 Å². The lowest BCUT2D eigenvalue weighted by molar-refractivity contribution is -0.750. The van der Waals surface area contributed by atoms with Crippen LogP contribution in [0.25, 0.3) is 11.0 Å². The molecule has 7 nitrogen and oxygen atoms in total. The summed E-state index contributed by atoms with van der Waals surface area (Å²) in [6, 6.07) is 7.21. The zero-order valence-corrected chi connectivity index (χ0v) is 19.1. The molecule has 2 N–H and O–H groups in total. The first-order valence-corrected chi connectivity index (χ1v) is 14.2. The van der Waals surface area contributed by atoms with Gasteiger partial charge in [0.25, 0.3) is 5.84 Å². The molecule has 0 saturated heterocycles. The van der Waals surface area contributed by atoms with E-state index in [-0.39, 0.29) is 4.59 Å². The number of aliphatic imine (C=N–C) groups is 2. The molecule has 0 amide bonds. The maximum atomic E-state index is 6.90. The number of amidine groups is 1. The van der Waals surface area contributed by atoms with Crippen molar-refractivity contribution in [1.29, 1.82) is 0 Å². The van der Waals surface area contributed by atoms with Gasteiger partial charge in [-0.2, -0.15) is 10.8 Å². The minimum Gasteiger partial charge on any atom is -0.361 e. The average molecular weight is 432 g/mol. The lowest BCUT2D eigenvalue weighted by atomic mass is 10.0. The molecule has 0 radical (unpaired) electrons. The van der Waals surface area contributed by atoms with Gasteiger partial charge in [-0.25, -0.2) is 4.98 Å². The van der Waals surface area contributed by atoms with E-state index in [0.717, 1.165) is 52.2 Å². The summed E-state index contributed by atoms with van der Waals surface area (Å²) < 4.78 is 8.17. The molecule has 0 bridgehead atoms. The molecule has 0 saturated carbocycles. The molecule has 3 aliphatic rings. The van der Waals surface area contributed by atoms with Crippen LogP contribution in [0.5, 0.6) is 0 Å². The highest BCUT2D eigenvalue weighted by molar-refractivity contribution is 6.76. The zero-order chi connectivity index (χ0) is 21.6. The van der Waals surface area contributed by atoms with Crippen molar-refractivity contribution in [3.8, 4) is 0 Å². The van der Waals surface area contributed by atoms with Gasteiger partial charge in [-0.05, 0) is 24.2 Å². The minimum atomic E-state index is -1.17. The van der Waals surface area contributed by atoms with Gasteiger partial charge in [-0.1, -0.05) is 37.9 Å². The number of pyridine rings is 1. The van der Waals surface area contributed by atoms with Crippen LogP contribution >= 0.6 is 0 Å². The van der Waals surface area contributed by atoms with Gasteiger partial charge in [0, 0.05) is 31.8 Å². The maximum Gasteiger partial charge on any atom is 0.282 e. The van der Waals surface area contributed by atoms with Crippen LogP contribution in [0.2, 0.25) is 25.7 Å². The van der Waals surface area contributed by atoms with Crippen LogP contribution in [0.15, 0.2) is 82.0 Å². The number of aromatic nitrogens is 2. The minimum absolute atomic E-state index is 0.0186. The predicted octanol–water partition coefficient (Wildman–Crippen LogP) is 4.06. The molecule has 0 aromatic carbocycles. The Morgan fingerprint density at radius 2 is 2.10 bits per heavy atom. The van der Waals surface area contributed by atoms with Crippen molar-refractivity contribution in [1.82, 2.24) is 9.55 Å². The molecule has 0 fully saturated rings. The third kappa shape index (κ3) is 3.47. The number of ether oxygens (including phenoxy) is 1. The maximum absolute atomic E-state index is 6.90. The van der Waals surface area contributed by atoms with Gasteiger partial charge in [-0.3, -0.25) is 9.56 Å². The summed E-state index contributed by atoms with van der Waals surface area (Å²) in [5, 5.41) is 1.04. The number of hydrogen-bond donors (Lipinski definition) is 1. The van der Waals surface area contributed by atoms with E-state index >= 15 is 0 Å². The number of nitrogens with two attached hydrogens (primary N) is 1. The van der Waals surface area contributed by atoms with Crippen LogP contribution in [0.1, 0.15) is 5.69 Å². The van der Waals surface area contributed by atoms with Crippen molar-refractivity contribution in [2.24, 2.45) is 15.8 Å². The number of nitrogens with zero attached hydrogens (tertiary/aromatic N) is 5. The summed E-state index contributed by atoms with van der Waals surface area (Å²) in [7, 11) is -1.17. The van der Waals surface area contributed by atoms with Crippen molar-refractivity contribution in [3.63, 3.8) is 0 Å². The topological polar surface area (TPSA) is 77.8 Å². The van der Waals surface area contributed by atoms with Crippen LogP contribution in [0.4, 0.5) is 0 Å². The highest BCUT2D eigenvalue weighted by Crippen LogP contribution is 2.37. The molecule has 1 unspecified atom stereocenters. The fraction of sp³-hybridized carbons (Fsp3) is 0.261. The quantitative estimate of drug-likeness (QED) is 0.311. The first-order valence-electron chi connectivity index (χ1n) is 10.5. The Morgan fingerprint density at radius 1 is 1.26 bits per heavy atom. The SMILES string of the molecule is C[Si](C)(C)CCOCn1c(C2=NC(C3=CC=C3)=C3C=NC=C[N+]23N)cc2cccnc21. The monoisotopic (exact) mass is 431 g/mol. The molecule has 5 rings (SSSR count). The predicted molar refractivity (Wildman–Crippen MR) is 127 cm³/mol. The van der Waals surface area contributed by atoms with Gasteiger partial charge in [0.15, 0.2) is 0 Å². The van der Waals surface area contributed by atoms with Crippen molar-refractivity contribution >= 4 is 31.2 Å². The average Bonchev–Trinajstić information content (AvgIpc) is 3.18. The van der Waals surface area contributed by atoms with Crippen molar-refractivity contribution in [2.45, 2.75) is 32.4 Å². The summed E-state index contributed by atoms with van der Waals surface area (Å²) in [5.41, 5.74) is 4.55. The smallest absolute Gasteiger partial charge is 0.282 e. The van der Waals surface area contributed by atoms with Crippen molar-refractivity contribution in [2.75, 3.05) is 6.61 Å². The van der Waals surface area contributed by atoms with Crippen LogP contribution in [-0.4, -0.2) is 40.9 Å². The number of quaternary nitrogens is 1. The Morgan fingerprint density at radius 3 is 2.84 bits per heavy atom. The molecule has 4 heterocycles. The van der Waals surface area contributed by atoms with Gasteiger partial charge >= 0.3 is 0 Å². The highest BCUT2D eigenvalue weighted by atomic mass is 28.3. The van der Waals surface area contributed by atoms with E-state index in [2.05, 4.69) is 46.3 Å². The van der Waals surface area contributed by atoms with Crippen LogP contribution in [-0.2, 0) is 11.5 Å². The standard InChI is InChI=1S/C23H27N6OSi/c1-31(2,3)13-12-30-16-28-19(14-18-8-5-9-26-22(18)28)23-27-21(17-6-4-7-17)20-15-25-10-11-29(20,23)24/h4-11,14-15H,12-13,16,24H2,1-3H3/q+1. The molecular weight excluding hydrogens is 404 g/mol. The summed E-state index contributed by atoms with van der Waals surface area (Å²) in [6.45, 7) is 8.20. The van der Waals surface area contributed by atoms with E-state index in [4.69, 9.17) is 15.6 Å². The highest BCUT2D eigenvalue weighted by Gasteiger charge is 2.46. The third-order valence-electron chi connectivity index (χ3n) is 5.72. The van der Waals surface area contributed by atoms with E-state index in [1.807, 2.05) is 30.5 Å². The van der Waals surface area contributed by atoms with Gasteiger partial charge in [0.1, 0.15) is 30.0 Å². The lowest BCUT2D eigenvalue weighted by Crippen LogP contribution is -2.53. The summed E-state index contributed by atoms with van der Waals surface area (Å²) >= 11 is 0. The fourth-order valence-corrected chi connectivity index (χ4v) is 4.60. The fourth-order valence-electron chi connectivity index (χ4n) is 3.85. The Labute approximate surface area is 182 Å². The van der Waals surface area contributed by atoms with Crippen molar-refractivity contribution < 1.29 is 9.33 Å². The molecule has 0 spiro atoms. The second-order valence-electron chi connectivity index (χ2n) is 9.23. The zero-order valence-electron chi connectivity index (χ0n) is 18.1. The number of allylic oxidation sites excluding steroid dienone is 4. The molecule has 31 heavy (non-hydrogen) atoms. The van der Waals surface area contributed by atoms with E-state index in [9.17, 15) is 0 Å². The lowest BCUT2D eigenvalue weighted by Gasteiger charge is -2.26. The Balaban J connectivity index is 1.56. The molecule has 1 atom stereocenters. The molecule has 158 valence electrons. The first kappa shape index (κ1) is 20.0. The first-order chi connectivity index (χ1) is 14.9. The molecule has 2 aromatic heterocycles. The summed E-state index contributed by atoms with van der Waals surface area (Å²) in [5.74, 6) is 7.64. The second-order valence-corrected chi connectivity index (χ2v) is 14.8. The molecule has 8 heteroatoms. The Kier molecular flexibility index (Phi) is 4.74. The van der Waals surface area contributed by atoms with Crippen LogP contribution < -0.4 is 5.84 Å². The third-order valence-corrected chi connectivity index (χ3v) is 7.42. The van der Waals surface area contributed by atoms with Gasteiger partial charge in [-0.15, -0.1) is 4.59 Å². The normalized spacial score (nSPS) is 22.1. The summed E-state index contributed by atoms with van der Waals surface area (Å²) in [6.07, 6.45) is 13.3.